The summed E-state index contributed by atoms with van der Waals surface area (Å²) in [5.41, 5.74) is 1.32. The molecule has 0 spiro atoms. The van der Waals surface area contributed by atoms with E-state index in [0.29, 0.717) is 12.5 Å². The van der Waals surface area contributed by atoms with E-state index in [0.717, 1.165) is 38.1 Å². The van der Waals surface area contributed by atoms with Gasteiger partial charge in [-0.15, -0.1) is 21.5 Å². The minimum Gasteiger partial charge on any atom is -0.383 e. The van der Waals surface area contributed by atoms with Crippen molar-refractivity contribution < 1.29 is 4.74 Å². The standard InChI is InChI=1S/C16H21N5OS3/c1-9(2)7-11-8-23-13-12(11)14(19-10(3)18-13)24-16-21-20-15(25-16)17-5-6-22-4/h8-9H,5-7H2,1-4H3,(H,17,20). The number of nitrogens with one attached hydrogen (secondary N) is 1. The fourth-order valence-electron chi connectivity index (χ4n) is 2.40. The van der Waals surface area contributed by atoms with Gasteiger partial charge in [-0.3, -0.25) is 0 Å². The lowest BCUT2D eigenvalue weighted by molar-refractivity contribution is 0.211. The van der Waals surface area contributed by atoms with Crippen LogP contribution in [0, 0.1) is 12.8 Å². The van der Waals surface area contributed by atoms with Crippen molar-refractivity contribution in [3.8, 4) is 0 Å². The Balaban J connectivity index is 1.86. The number of fused-ring (bicyclic) bond motifs is 1. The summed E-state index contributed by atoms with van der Waals surface area (Å²) < 4.78 is 5.91. The first kappa shape index (κ1) is 18.5. The predicted molar refractivity (Wildman–Crippen MR) is 105 cm³/mol. The Hall–Kier alpha value is -1.29. The van der Waals surface area contributed by atoms with Crippen LogP contribution in [-0.4, -0.2) is 40.4 Å². The van der Waals surface area contributed by atoms with E-state index in [4.69, 9.17) is 4.74 Å². The number of anilines is 1. The average molecular weight is 396 g/mol. The maximum Gasteiger partial charge on any atom is 0.206 e. The normalized spacial score (nSPS) is 11.6. The molecule has 0 saturated heterocycles. The van der Waals surface area contributed by atoms with Crippen LogP contribution < -0.4 is 5.32 Å². The van der Waals surface area contributed by atoms with Gasteiger partial charge >= 0.3 is 0 Å². The molecule has 0 unspecified atom stereocenters. The molecule has 0 atom stereocenters. The summed E-state index contributed by atoms with van der Waals surface area (Å²) >= 11 is 4.79. The molecule has 6 nitrogen and oxygen atoms in total. The smallest absolute Gasteiger partial charge is 0.206 e. The molecule has 0 aliphatic rings. The van der Waals surface area contributed by atoms with E-state index in [1.165, 1.54) is 22.3 Å². The van der Waals surface area contributed by atoms with Crippen LogP contribution in [0.15, 0.2) is 14.7 Å². The Morgan fingerprint density at radius 1 is 1.28 bits per heavy atom. The van der Waals surface area contributed by atoms with E-state index in [1.807, 2.05) is 6.92 Å². The number of thiophene rings is 1. The lowest BCUT2D eigenvalue weighted by atomic mass is 10.0. The van der Waals surface area contributed by atoms with Gasteiger partial charge < -0.3 is 10.1 Å². The third-order valence-corrected chi connectivity index (χ3v) is 6.23. The molecule has 25 heavy (non-hydrogen) atoms. The zero-order chi connectivity index (χ0) is 17.8. The van der Waals surface area contributed by atoms with Gasteiger partial charge in [-0.05, 0) is 42.0 Å². The number of aryl methyl sites for hydroxylation is 1. The van der Waals surface area contributed by atoms with Crippen molar-refractivity contribution in [2.24, 2.45) is 5.92 Å². The summed E-state index contributed by atoms with van der Waals surface area (Å²) in [7, 11) is 1.68. The summed E-state index contributed by atoms with van der Waals surface area (Å²) in [5.74, 6) is 1.38. The quantitative estimate of drug-likeness (QED) is 0.451. The van der Waals surface area contributed by atoms with Crippen molar-refractivity contribution in [3.63, 3.8) is 0 Å². The first-order valence-corrected chi connectivity index (χ1v) is 10.6. The molecule has 0 fully saturated rings. The first-order chi connectivity index (χ1) is 12.1. The molecule has 0 amide bonds. The van der Waals surface area contributed by atoms with E-state index in [-0.39, 0.29) is 0 Å². The molecule has 3 aromatic heterocycles. The minimum atomic E-state index is 0.593. The molecular formula is C16H21N5OS3. The Morgan fingerprint density at radius 3 is 2.88 bits per heavy atom. The average Bonchev–Trinajstić information content (AvgIpc) is 3.14. The molecular weight excluding hydrogens is 374 g/mol. The Labute approximate surface area is 159 Å². The van der Waals surface area contributed by atoms with E-state index >= 15 is 0 Å². The monoisotopic (exact) mass is 395 g/mol. The third-order valence-electron chi connectivity index (χ3n) is 3.39. The van der Waals surface area contributed by atoms with Gasteiger partial charge in [0.05, 0.1) is 6.61 Å². The van der Waals surface area contributed by atoms with Gasteiger partial charge in [-0.2, -0.15) is 0 Å². The van der Waals surface area contributed by atoms with Crippen molar-refractivity contribution in [2.45, 2.75) is 36.6 Å². The van der Waals surface area contributed by atoms with Crippen LogP contribution in [0.25, 0.3) is 10.2 Å². The van der Waals surface area contributed by atoms with Crippen LogP contribution in [-0.2, 0) is 11.2 Å². The van der Waals surface area contributed by atoms with E-state index in [1.54, 1.807) is 30.2 Å². The molecule has 9 heteroatoms. The van der Waals surface area contributed by atoms with Gasteiger partial charge in [0.25, 0.3) is 0 Å². The van der Waals surface area contributed by atoms with Crippen molar-refractivity contribution in [1.29, 1.82) is 0 Å². The summed E-state index contributed by atoms with van der Waals surface area (Å²) in [6, 6.07) is 0. The second kappa shape index (κ2) is 8.39. The van der Waals surface area contributed by atoms with Crippen LogP contribution in [0.1, 0.15) is 25.2 Å². The van der Waals surface area contributed by atoms with Gasteiger partial charge in [0.1, 0.15) is 15.7 Å². The molecule has 3 rings (SSSR count). The topological polar surface area (TPSA) is 72.8 Å². The highest BCUT2D eigenvalue weighted by Gasteiger charge is 2.16. The Morgan fingerprint density at radius 2 is 2.12 bits per heavy atom. The third kappa shape index (κ3) is 4.66. The molecule has 134 valence electrons. The largest absolute Gasteiger partial charge is 0.383 e. The Kier molecular flexibility index (Phi) is 6.21. The second-order valence-electron chi connectivity index (χ2n) is 6.01. The van der Waals surface area contributed by atoms with Crippen molar-refractivity contribution >= 4 is 49.8 Å². The molecule has 3 aromatic rings. The van der Waals surface area contributed by atoms with E-state index < -0.39 is 0 Å². The maximum absolute atomic E-state index is 5.04. The second-order valence-corrected chi connectivity index (χ2v) is 9.08. The number of methoxy groups -OCH3 is 1. The fourth-order valence-corrected chi connectivity index (χ4v) is 5.36. The molecule has 0 aliphatic carbocycles. The Bertz CT molecular complexity index is 846. The molecule has 0 aromatic carbocycles. The van der Waals surface area contributed by atoms with Crippen LogP contribution in [0.4, 0.5) is 5.13 Å². The van der Waals surface area contributed by atoms with Crippen LogP contribution in [0.3, 0.4) is 0 Å². The van der Waals surface area contributed by atoms with Crippen LogP contribution in [0.2, 0.25) is 0 Å². The molecule has 0 bridgehead atoms. The highest BCUT2D eigenvalue weighted by atomic mass is 32.2. The van der Waals surface area contributed by atoms with Crippen LogP contribution in [0.5, 0.6) is 0 Å². The molecule has 0 saturated carbocycles. The predicted octanol–water partition coefficient (Wildman–Crippen LogP) is 4.26. The minimum absolute atomic E-state index is 0.593. The highest BCUT2D eigenvalue weighted by Crippen LogP contribution is 2.38. The SMILES string of the molecule is COCCNc1nnc(Sc2nc(C)nc3scc(CC(C)C)c23)s1. The molecule has 0 aliphatic heterocycles. The number of nitrogens with zero attached hydrogens (tertiary/aromatic N) is 4. The molecule has 3 heterocycles. The van der Waals surface area contributed by atoms with Gasteiger partial charge in [-0.1, -0.05) is 25.2 Å². The van der Waals surface area contributed by atoms with Crippen molar-refractivity contribution in [1.82, 2.24) is 20.2 Å². The summed E-state index contributed by atoms with van der Waals surface area (Å²) in [6.07, 6.45) is 1.03. The fraction of sp³-hybridized carbons (Fsp3) is 0.500. The van der Waals surface area contributed by atoms with Gasteiger partial charge in [0.15, 0.2) is 4.34 Å². The number of hydrogen-bond acceptors (Lipinski definition) is 9. The van der Waals surface area contributed by atoms with Gasteiger partial charge in [-0.25, -0.2) is 9.97 Å². The maximum atomic E-state index is 5.04. The highest BCUT2D eigenvalue weighted by molar-refractivity contribution is 8.01. The van der Waals surface area contributed by atoms with Gasteiger partial charge in [0.2, 0.25) is 5.13 Å². The lowest BCUT2D eigenvalue weighted by Crippen LogP contribution is -2.06. The molecule has 0 radical (unpaired) electrons. The van der Waals surface area contributed by atoms with Gasteiger partial charge in [0, 0.05) is 19.0 Å². The van der Waals surface area contributed by atoms with E-state index in [9.17, 15) is 0 Å². The number of rotatable bonds is 8. The zero-order valence-corrected chi connectivity index (χ0v) is 17.1. The van der Waals surface area contributed by atoms with Crippen molar-refractivity contribution in [2.75, 3.05) is 25.6 Å². The first-order valence-electron chi connectivity index (χ1n) is 8.05. The lowest BCUT2D eigenvalue weighted by Gasteiger charge is -2.06. The number of aromatic nitrogens is 4. The van der Waals surface area contributed by atoms with E-state index in [2.05, 4.69) is 44.7 Å². The van der Waals surface area contributed by atoms with Crippen LogP contribution >= 0.6 is 34.4 Å². The number of hydrogen-bond donors (Lipinski definition) is 1. The zero-order valence-electron chi connectivity index (χ0n) is 14.7. The summed E-state index contributed by atoms with van der Waals surface area (Å²) in [4.78, 5) is 10.3. The summed E-state index contributed by atoms with van der Waals surface area (Å²) in [6.45, 7) is 7.75. The number of ether oxygens (including phenoxy) is 1. The summed E-state index contributed by atoms with van der Waals surface area (Å²) in [5, 5.41) is 16.8. The molecule has 1 N–H and O–H groups in total. The van der Waals surface area contributed by atoms with Crippen molar-refractivity contribution in [3.05, 3.63) is 16.8 Å².